The van der Waals surface area contributed by atoms with Crippen molar-refractivity contribution < 1.29 is 23.1 Å². The molecular formula is C13H18N2O5S. The maximum atomic E-state index is 12.5. The number of hydrogen-bond acceptors (Lipinski definition) is 5. The van der Waals surface area contributed by atoms with Crippen molar-refractivity contribution in [2.75, 3.05) is 25.9 Å². The zero-order chi connectivity index (χ0) is 15.6. The Labute approximate surface area is 123 Å². The van der Waals surface area contributed by atoms with Crippen LogP contribution in [0.4, 0.5) is 5.69 Å². The summed E-state index contributed by atoms with van der Waals surface area (Å²) in [6.45, 7) is 0.826. The number of carboxylic acids is 1. The Balaban J connectivity index is 2.32. The van der Waals surface area contributed by atoms with Gasteiger partial charge in [-0.15, -0.1) is 0 Å². The van der Waals surface area contributed by atoms with Crippen molar-refractivity contribution in [3.63, 3.8) is 0 Å². The quantitative estimate of drug-likeness (QED) is 0.777. The van der Waals surface area contributed by atoms with Gasteiger partial charge in [0.15, 0.2) is 0 Å². The number of likely N-dealkylation sites (N-methyl/N-ethyl adjacent to an activating group) is 1. The van der Waals surface area contributed by atoms with Gasteiger partial charge < -0.3 is 15.6 Å². The Morgan fingerprint density at radius 3 is 2.81 bits per heavy atom. The first-order valence-corrected chi connectivity index (χ1v) is 7.97. The number of hydrogen-bond donors (Lipinski definition) is 2. The molecule has 1 aromatic rings. The summed E-state index contributed by atoms with van der Waals surface area (Å²) >= 11 is 0. The van der Waals surface area contributed by atoms with E-state index in [1.165, 1.54) is 19.2 Å². The number of sulfonamides is 1. The highest BCUT2D eigenvalue weighted by Crippen LogP contribution is 2.23. The lowest BCUT2D eigenvalue weighted by molar-refractivity contribution is 0.0692. The Morgan fingerprint density at radius 2 is 2.24 bits per heavy atom. The molecule has 0 spiro atoms. The number of nitrogens with zero attached hydrogens (tertiary/aromatic N) is 1. The second-order valence-electron chi connectivity index (χ2n) is 4.98. The standard InChI is InChI=1S/C13H18N2O5S/c1-15(8-10-3-2-6-20-10)21(18,19)12-5-4-9(14)7-11(12)13(16)17/h4-5,7,10H,2-3,6,8,14H2,1H3,(H,16,17). The van der Waals surface area contributed by atoms with E-state index in [0.717, 1.165) is 23.2 Å². The first-order valence-electron chi connectivity index (χ1n) is 6.53. The highest BCUT2D eigenvalue weighted by Gasteiger charge is 2.29. The molecule has 1 atom stereocenters. The van der Waals surface area contributed by atoms with Crippen molar-refractivity contribution >= 4 is 21.7 Å². The molecule has 3 N–H and O–H groups in total. The summed E-state index contributed by atoms with van der Waals surface area (Å²) < 4.78 is 31.6. The number of rotatable bonds is 5. The molecular weight excluding hydrogens is 296 g/mol. The van der Waals surface area contributed by atoms with Crippen molar-refractivity contribution in [2.45, 2.75) is 23.8 Å². The summed E-state index contributed by atoms with van der Waals surface area (Å²) in [4.78, 5) is 11.0. The average Bonchev–Trinajstić information content (AvgIpc) is 2.91. The molecule has 0 saturated carbocycles. The maximum Gasteiger partial charge on any atom is 0.337 e. The van der Waals surface area contributed by atoms with Crippen LogP contribution in [0.15, 0.2) is 23.1 Å². The number of aromatic carboxylic acids is 1. The average molecular weight is 314 g/mol. The van der Waals surface area contributed by atoms with Crippen LogP contribution in [-0.4, -0.2) is 50.1 Å². The molecule has 2 rings (SSSR count). The highest BCUT2D eigenvalue weighted by molar-refractivity contribution is 7.89. The third-order valence-corrected chi connectivity index (χ3v) is 5.29. The van der Waals surface area contributed by atoms with E-state index in [4.69, 9.17) is 15.6 Å². The van der Waals surface area contributed by atoms with E-state index in [-0.39, 0.29) is 28.8 Å². The third kappa shape index (κ3) is 3.34. The molecule has 0 amide bonds. The van der Waals surface area contributed by atoms with Gasteiger partial charge in [0.2, 0.25) is 10.0 Å². The van der Waals surface area contributed by atoms with Gasteiger partial charge in [-0.3, -0.25) is 0 Å². The van der Waals surface area contributed by atoms with E-state index in [1.807, 2.05) is 0 Å². The van der Waals surface area contributed by atoms with E-state index in [1.54, 1.807) is 0 Å². The number of ether oxygens (including phenoxy) is 1. The van der Waals surface area contributed by atoms with Crippen LogP contribution in [0.25, 0.3) is 0 Å². The predicted molar refractivity (Wildman–Crippen MR) is 76.6 cm³/mol. The minimum absolute atomic E-state index is 0.146. The molecule has 0 bridgehead atoms. The van der Waals surface area contributed by atoms with Gasteiger partial charge in [-0.25, -0.2) is 13.2 Å². The Morgan fingerprint density at radius 1 is 1.52 bits per heavy atom. The summed E-state index contributed by atoms with van der Waals surface area (Å²) in [5.74, 6) is -1.33. The Hall–Kier alpha value is -1.64. The van der Waals surface area contributed by atoms with Crippen molar-refractivity contribution in [2.24, 2.45) is 0 Å². The van der Waals surface area contributed by atoms with Gasteiger partial charge in [-0.05, 0) is 31.0 Å². The van der Waals surface area contributed by atoms with E-state index >= 15 is 0 Å². The highest BCUT2D eigenvalue weighted by atomic mass is 32.2. The topological polar surface area (TPSA) is 110 Å². The monoisotopic (exact) mass is 314 g/mol. The van der Waals surface area contributed by atoms with Crippen LogP contribution >= 0.6 is 0 Å². The summed E-state index contributed by atoms with van der Waals surface area (Å²) in [5.41, 5.74) is 5.40. The van der Waals surface area contributed by atoms with E-state index < -0.39 is 16.0 Å². The Bertz CT molecular complexity index is 638. The Kier molecular flexibility index (Phi) is 4.50. The van der Waals surface area contributed by atoms with Gasteiger partial charge in [-0.2, -0.15) is 4.31 Å². The van der Waals surface area contributed by atoms with Crippen molar-refractivity contribution in [1.82, 2.24) is 4.31 Å². The van der Waals surface area contributed by atoms with Gasteiger partial charge >= 0.3 is 5.97 Å². The van der Waals surface area contributed by atoms with Crippen LogP contribution in [0.5, 0.6) is 0 Å². The smallest absolute Gasteiger partial charge is 0.337 e. The van der Waals surface area contributed by atoms with Crippen LogP contribution in [0.2, 0.25) is 0 Å². The number of carbonyl (C=O) groups is 1. The molecule has 7 nitrogen and oxygen atoms in total. The van der Waals surface area contributed by atoms with Crippen LogP contribution in [0.3, 0.4) is 0 Å². The van der Waals surface area contributed by atoms with Crippen LogP contribution in [-0.2, 0) is 14.8 Å². The number of carboxylic acid groups (broad SMARTS) is 1. The summed E-state index contributed by atoms with van der Waals surface area (Å²) in [7, 11) is -2.49. The number of nitrogens with two attached hydrogens (primary N) is 1. The van der Waals surface area contributed by atoms with Crippen molar-refractivity contribution in [1.29, 1.82) is 0 Å². The van der Waals surface area contributed by atoms with Crippen LogP contribution in [0.1, 0.15) is 23.2 Å². The van der Waals surface area contributed by atoms with E-state index in [9.17, 15) is 13.2 Å². The fourth-order valence-corrected chi connectivity index (χ4v) is 3.64. The second-order valence-corrected chi connectivity index (χ2v) is 6.99. The molecule has 1 heterocycles. The predicted octanol–water partition coefficient (Wildman–Crippen LogP) is 0.766. The van der Waals surface area contributed by atoms with Gasteiger partial charge in [0.1, 0.15) is 0 Å². The molecule has 21 heavy (non-hydrogen) atoms. The first kappa shape index (κ1) is 15.7. The van der Waals surface area contributed by atoms with Crippen molar-refractivity contribution in [3.05, 3.63) is 23.8 Å². The van der Waals surface area contributed by atoms with Crippen LogP contribution < -0.4 is 5.73 Å². The number of anilines is 1. The third-order valence-electron chi connectivity index (χ3n) is 3.41. The molecule has 116 valence electrons. The minimum Gasteiger partial charge on any atom is -0.478 e. The number of nitrogen functional groups attached to an aromatic ring is 1. The fourth-order valence-electron chi connectivity index (χ4n) is 2.28. The molecule has 1 aromatic carbocycles. The molecule has 0 aromatic heterocycles. The van der Waals surface area contributed by atoms with E-state index in [2.05, 4.69) is 0 Å². The fraction of sp³-hybridized carbons (Fsp3) is 0.462. The lowest BCUT2D eigenvalue weighted by Gasteiger charge is -2.21. The molecule has 1 fully saturated rings. The van der Waals surface area contributed by atoms with Gasteiger partial charge in [0, 0.05) is 25.9 Å². The molecule has 0 radical (unpaired) electrons. The molecule has 1 saturated heterocycles. The first-order chi connectivity index (χ1) is 9.82. The molecule has 0 aliphatic carbocycles. The van der Waals surface area contributed by atoms with Gasteiger partial charge in [0.05, 0.1) is 16.6 Å². The summed E-state index contributed by atoms with van der Waals surface area (Å²) in [6.07, 6.45) is 1.56. The van der Waals surface area contributed by atoms with Crippen LogP contribution in [0, 0.1) is 0 Å². The van der Waals surface area contributed by atoms with Crippen molar-refractivity contribution in [3.8, 4) is 0 Å². The normalized spacial score (nSPS) is 19.0. The minimum atomic E-state index is -3.90. The maximum absolute atomic E-state index is 12.5. The lowest BCUT2D eigenvalue weighted by Crippen LogP contribution is -2.34. The zero-order valence-electron chi connectivity index (χ0n) is 11.7. The van der Waals surface area contributed by atoms with Gasteiger partial charge in [0.25, 0.3) is 0 Å². The summed E-state index contributed by atoms with van der Waals surface area (Å²) in [6, 6.07) is 3.74. The zero-order valence-corrected chi connectivity index (χ0v) is 12.5. The SMILES string of the molecule is CN(CC1CCCO1)S(=O)(=O)c1ccc(N)cc1C(=O)O. The molecule has 1 aliphatic rings. The van der Waals surface area contributed by atoms with Gasteiger partial charge in [-0.1, -0.05) is 0 Å². The summed E-state index contributed by atoms with van der Waals surface area (Å²) in [5, 5.41) is 9.16. The number of benzene rings is 1. The molecule has 1 aliphatic heterocycles. The molecule has 8 heteroatoms. The molecule has 1 unspecified atom stereocenters. The van der Waals surface area contributed by atoms with E-state index in [0.29, 0.717) is 6.61 Å². The second kappa shape index (κ2) is 6.00. The largest absolute Gasteiger partial charge is 0.478 e. The lowest BCUT2D eigenvalue weighted by atomic mass is 10.2.